The van der Waals surface area contributed by atoms with Gasteiger partial charge >= 0.3 is 0 Å². The summed E-state index contributed by atoms with van der Waals surface area (Å²) in [6, 6.07) is 0. The fourth-order valence-corrected chi connectivity index (χ4v) is 1.36. The van der Waals surface area contributed by atoms with Crippen LogP contribution < -0.4 is 5.32 Å². The van der Waals surface area contributed by atoms with Gasteiger partial charge in [0, 0.05) is 31.7 Å². The summed E-state index contributed by atoms with van der Waals surface area (Å²) in [5, 5.41) is 2.73. The zero-order chi connectivity index (χ0) is 12.0. The molecule has 0 aromatic heterocycles. The molecule has 5 heteroatoms. The Morgan fingerprint density at radius 2 is 1.94 bits per heavy atom. The topological polar surface area (TPSA) is 66.5 Å². The van der Waals surface area contributed by atoms with Crippen molar-refractivity contribution >= 4 is 17.7 Å². The summed E-state index contributed by atoms with van der Waals surface area (Å²) in [5.74, 6) is -0.807. The van der Waals surface area contributed by atoms with Crippen molar-refractivity contribution in [1.29, 1.82) is 0 Å². The van der Waals surface area contributed by atoms with E-state index in [0.29, 0.717) is 6.54 Å². The molecule has 1 rings (SSSR count). The Bertz CT molecular complexity index is 305. The maximum absolute atomic E-state index is 11.3. The molecule has 0 aliphatic carbocycles. The number of carbonyl (C=O) groups excluding carboxylic acids is 3. The van der Waals surface area contributed by atoms with Gasteiger partial charge in [0.25, 0.3) is 11.8 Å². The zero-order valence-electron chi connectivity index (χ0n) is 9.36. The molecule has 0 spiro atoms. The Morgan fingerprint density at radius 3 is 2.50 bits per heavy atom. The van der Waals surface area contributed by atoms with Gasteiger partial charge in [0.05, 0.1) is 0 Å². The summed E-state index contributed by atoms with van der Waals surface area (Å²) < 4.78 is 0. The van der Waals surface area contributed by atoms with Crippen LogP contribution in [0.4, 0.5) is 0 Å². The molecule has 1 heterocycles. The number of unbranched alkanes of at least 4 members (excludes halogenated alkanes) is 1. The first-order valence-corrected chi connectivity index (χ1v) is 5.45. The molecule has 88 valence electrons. The molecule has 1 aliphatic heterocycles. The summed E-state index contributed by atoms with van der Waals surface area (Å²) >= 11 is 0. The predicted molar refractivity (Wildman–Crippen MR) is 58.4 cm³/mol. The second-order valence-electron chi connectivity index (χ2n) is 3.61. The van der Waals surface area contributed by atoms with Crippen molar-refractivity contribution in [2.24, 2.45) is 0 Å². The minimum Gasteiger partial charge on any atom is -0.356 e. The number of nitrogens with one attached hydrogen (secondary N) is 1. The van der Waals surface area contributed by atoms with Crippen molar-refractivity contribution in [3.63, 3.8) is 0 Å². The average Bonchev–Trinajstić information content (AvgIpc) is 2.57. The molecule has 0 bridgehead atoms. The molecule has 0 atom stereocenters. The molecule has 0 aromatic rings. The number of nitrogens with zero attached hydrogens (tertiary/aromatic N) is 1. The first-order valence-electron chi connectivity index (χ1n) is 5.45. The van der Waals surface area contributed by atoms with E-state index in [0.717, 1.165) is 17.7 Å². The van der Waals surface area contributed by atoms with E-state index in [4.69, 9.17) is 0 Å². The fourth-order valence-electron chi connectivity index (χ4n) is 1.36. The van der Waals surface area contributed by atoms with Crippen LogP contribution >= 0.6 is 0 Å². The van der Waals surface area contributed by atoms with E-state index in [9.17, 15) is 14.4 Å². The standard InChI is InChI=1S/C11H16N2O3/c1-2-3-7-12-9(14)6-8-13-10(15)4-5-11(13)16/h4-5H,2-3,6-8H2,1H3,(H,12,14). The number of hydrogen-bond acceptors (Lipinski definition) is 3. The van der Waals surface area contributed by atoms with Gasteiger partial charge in [-0.2, -0.15) is 0 Å². The van der Waals surface area contributed by atoms with Crippen molar-refractivity contribution in [2.45, 2.75) is 26.2 Å². The Labute approximate surface area is 94.5 Å². The van der Waals surface area contributed by atoms with E-state index >= 15 is 0 Å². The Kier molecular flexibility index (Phi) is 4.69. The minimum atomic E-state index is -0.341. The highest BCUT2D eigenvalue weighted by atomic mass is 16.2. The summed E-state index contributed by atoms with van der Waals surface area (Å²) in [6.45, 7) is 2.84. The number of rotatable bonds is 6. The van der Waals surface area contributed by atoms with Crippen molar-refractivity contribution in [3.8, 4) is 0 Å². The number of amides is 3. The lowest BCUT2D eigenvalue weighted by Crippen LogP contribution is -2.34. The van der Waals surface area contributed by atoms with Crippen molar-refractivity contribution in [3.05, 3.63) is 12.2 Å². The van der Waals surface area contributed by atoms with Gasteiger partial charge in [-0.1, -0.05) is 13.3 Å². The maximum atomic E-state index is 11.3. The van der Waals surface area contributed by atoms with E-state index in [1.807, 2.05) is 6.92 Å². The van der Waals surface area contributed by atoms with Gasteiger partial charge in [-0.25, -0.2) is 0 Å². The van der Waals surface area contributed by atoms with Gasteiger partial charge < -0.3 is 5.32 Å². The van der Waals surface area contributed by atoms with Gasteiger partial charge in [-0.05, 0) is 6.42 Å². The molecule has 1 N–H and O–H groups in total. The molecule has 0 saturated heterocycles. The van der Waals surface area contributed by atoms with Gasteiger partial charge in [0.1, 0.15) is 0 Å². The lowest BCUT2D eigenvalue weighted by atomic mass is 10.3. The molecule has 0 unspecified atom stereocenters. The third-order valence-corrected chi connectivity index (χ3v) is 2.32. The maximum Gasteiger partial charge on any atom is 0.253 e. The minimum absolute atomic E-state index is 0.124. The van der Waals surface area contributed by atoms with E-state index in [1.54, 1.807) is 0 Å². The molecule has 0 fully saturated rings. The van der Waals surface area contributed by atoms with Crippen molar-refractivity contribution in [2.75, 3.05) is 13.1 Å². The van der Waals surface area contributed by atoms with Crippen LogP contribution in [0, 0.1) is 0 Å². The molecular formula is C11H16N2O3. The summed E-state index contributed by atoms with van der Waals surface area (Å²) in [4.78, 5) is 34.7. The normalized spacial score (nSPS) is 14.7. The quantitative estimate of drug-likeness (QED) is 0.518. The third-order valence-electron chi connectivity index (χ3n) is 2.32. The first-order chi connectivity index (χ1) is 7.65. The van der Waals surface area contributed by atoms with Crippen LogP contribution in [-0.4, -0.2) is 35.7 Å². The molecular weight excluding hydrogens is 208 g/mol. The summed E-state index contributed by atoms with van der Waals surface area (Å²) in [7, 11) is 0. The van der Waals surface area contributed by atoms with Gasteiger partial charge in [0.2, 0.25) is 5.91 Å². The largest absolute Gasteiger partial charge is 0.356 e. The number of hydrogen-bond donors (Lipinski definition) is 1. The van der Waals surface area contributed by atoms with Crippen LogP contribution in [0.15, 0.2) is 12.2 Å². The lowest BCUT2D eigenvalue weighted by molar-refractivity contribution is -0.137. The fraction of sp³-hybridized carbons (Fsp3) is 0.545. The Hall–Kier alpha value is -1.65. The Balaban J connectivity index is 2.22. The van der Waals surface area contributed by atoms with Gasteiger partial charge in [-0.3, -0.25) is 19.3 Å². The van der Waals surface area contributed by atoms with Gasteiger partial charge in [0.15, 0.2) is 0 Å². The van der Waals surface area contributed by atoms with E-state index in [-0.39, 0.29) is 30.7 Å². The predicted octanol–water partition coefficient (Wildman–Crippen LogP) is 0.218. The SMILES string of the molecule is CCCCNC(=O)CCN1C(=O)C=CC1=O. The molecule has 3 amide bonds. The summed E-state index contributed by atoms with van der Waals surface area (Å²) in [6.07, 6.45) is 4.57. The van der Waals surface area contributed by atoms with Crippen LogP contribution in [0.25, 0.3) is 0 Å². The molecule has 0 radical (unpaired) electrons. The van der Waals surface area contributed by atoms with Crippen LogP contribution in [-0.2, 0) is 14.4 Å². The second-order valence-corrected chi connectivity index (χ2v) is 3.61. The Morgan fingerprint density at radius 1 is 1.31 bits per heavy atom. The average molecular weight is 224 g/mol. The lowest BCUT2D eigenvalue weighted by Gasteiger charge is -2.13. The van der Waals surface area contributed by atoms with E-state index in [2.05, 4.69) is 5.32 Å². The first kappa shape index (κ1) is 12.4. The zero-order valence-corrected chi connectivity index (χ0v) is 9.36. The van der Waals surface area contributed by atoms with Crippen LogP contribution in [0.1, 0.15) is 26.2 Å². The second kappa shape index (κ2) is 6.05. The van der Waals surface area contributed by atoms with Gasteiger partial charge in [-0.15, -0.1) is 0 Å². The van der Waals surface area contributed by atoms with Crippen molar-refractivity contribution < 1.29 is 14.4 Å². The molecule has 16 heavy (non-hydrogen) atoms. The van der Waals surface area contributed by atoms with Crippen LogP contribution in [0.2, 0.25) is 0 Å². The smallest absolute Gasteiger partial charge is 0.253 e. The molecule has 0 aromatic carbocycles. The highest BCUT2D eigenvalue weighted by molar-refractivity contribution is 6.13. The molecule has 5 nitrogen and oxygen atoms in total. The molecule has 0 saturated carbocycles. The van der Waals surface area contributed by atoms with Crippen LogP contribution in [0.3, 0.4) is 0 Å². The summed E-state index contributed by atoms with van der Waals surface area (Å²) in [5.41, 5.74) is 0. The molecule has 1 aliphatic rings. The number of imide groups is 1. The van der Waals surface area contributed by atoms with Crippen molar-refractivity contribution in [1.82, 2.24) is 10.2 Å². The number of carbonyl (C=O) groups is 3. The van der Waals surface area contributed by atoms with E-state index in [1.165, 1.54) is 12.2 Å². The van der Waals surface area contributed by atoms with E-state index < -0.39 is 0 Å². The highest BCUT2D eigenvalue weighted by Gasteiger charge is 2.23. The monoisotopic (exact) mass is 224 g/mol. The third kappa shape index (κ3) is 3.49. The van der Waals surface area contributed by atoms with Crippen LogP contribution in [0.5, 0.6) is 0 Å². The highest BCUT2D eigenvalue weighted by Crippen LogP contribution is 2.03.